The summed E-state index contributed by atoms with van der Waals surface area (Å²) in [5.74, 6) is -2.49. The van der Waals surface area contributed by atoms with E-state index in [9.17, 15) is 18.4 Å². The SMILES string of the molecule is N#CCCNC(=O)CCCSc1nc2[nH]ccc2c(=O)n1-c1ccc(OCC2CC2(F)F)cc1. The first kappa shape index (κ1) is 23.8. The highest BCUT2D eigenvalue weighted by atomic mass is 32.2. The van der Waals surface area contributed by atoms with Gasteiger partial charge in [-0.3, -0.25) is 14.2 Å². The van der Waals surface area contributed by atoms with Gasteiger partial charge in [-0.2, -0.15) is 5.26 Å². The molecule has 1 unspecified atom stereocenters. The average molecular weight is 488 g/mol. The first-order chi connectivity index (χ1) is 16.4. The molecule has 2 aromatic heterocycles. The maximum Gasteiger partial charge on any atom is 0.268 e. The van der Waals surface area contributed by atoms with Crippen LogP contribution in [0.1, 0.15) is 25.7 Å². The number of thioether (sulfide) groups is 1. The fourth-order valence-corrected chi connectivity index (χ4v) is 4.33. The lowest BCUT2D eigenvalue weighted by molar-refractivity contribution is -0.121. The summed E-state index contributed by atoms with van der Waals surface area (Å²) in [6.45, 7) is 0.282. The third-order valence-electron chi connectivity index (χ3n) is 5.40. The summed E-state index contributed by atoms with van der Waals surface area (Å²) in [5, 5.41) is 12.1. The molecule has 3 aromatic rings. The van der Waals surface area contributed by atoms with Crippen LogP contribution >= 0.6 is 11.8 Å². The van der Waals surface area contributed by atoms with Crippen molar-refractivity contribution in [1.82, 2.24) is 19.9 Å². The molecule has 4 rings (SSSR count). The molecule has 178 valence electrons. The Hall–Kier alpha value is -3.39. The van der Waals surface area contributed by atoms with Gasteiger partial charge < -0.3 is 15.0 Å². The molecule has 1 saturated carbocycles. The average Bonchev–Trinajstić information content (AvgIpc) is 3.18. The van der Waals surface area contributed by atoms with Gasteiger partial charge in [0.1, 0.15) is 11.4 Å². The Morgan fingerprint density at radius 1 is 1.35 bits per heavy atom. The number of benzene rings is 1. The van der Waals surface area contributed by atoms with Crippen LogP contribution in [0.25, 0.3) is 16.7 Å². The molecule has 0 spiro atoms. The predicted molar refractivity (Wildman–Crippen MR) is 123 cm³/mol. The van der Waals surface area contributed by atoms with Crippen LogP contribution in [0.3, 0.4) is 0 Å². The van der Waals surface area contributed by atoms with Crippen molar-refractivity contribution < 1.29 is 18.3 Å². The van der Waals surface area contributed by atoms with E-state index in [1.54, 1.807) is 36.5 Å². The second-order valence-corrected chi connectivity index (χ2v) is 9.01. The molecule has 34 heavy (non-hydrogen) atoms. The third-order valence-corrected chi connectivity index (χ3v) is 6.42. The lowest BCUT2D eigenvalue weighted by Gasteiger charge is -2.13. The zero-order chi connectivity index (χ0) is 24.1. The van der Waals surface area contributed by atoms with Gasteiger partial charge in [-0.25, -0.2) is 13.8 Å². The molecular weight excluding hydrogens is 464 g/mol. The number of carbonyl (C=O) groups is 1. The fourth-order valence-electron chi connectivity index (χ4n) is 3.38. The van der Waals surface area contributed by atoms with Crippen molar-refractivity contribution in [2.24, 2.45) is 5.92 Å². The van der Waals surface area contributed by atoms with E-state index in [4.69, 9.17) is 10.00 Å². The number of fused-ring (bicyclic) bond motifs is 1. The van der Waals surface area contributed by atoms with Crippen LogP contribution in [0.2, 0.25) is 0 Å². The quantitative estimate of drug-likeness (QED) is 0.243. The van der Waals surface area contributed by atoms with Crippen molar-refractivity contribution in [1.29, 1.82) is 5.26 Å². The Balaban J connectivity index is 1.45. The smallest absolute Gasteiger partial charge is 0.268 e. The van der Waals surface area contributed by atoms with Gasteiger partial charge in [-0.05, 0) is 36.8 Å². The maximum atomic E-state index is 13.2. The van der Waals surface area contributed by atoms with Crippen LogP contribution in [0.15, 0.2) is 46.5 Å². The first-order valence-electron chi connectivity index (χ1n) is 10.9. The minimum absolute atomic E-state index is 0.0473. The van der Waals surface area contributed by atoms with E-state index in [1.807, 2.05) is 6.07 Å². The van der Waals surface area contributed by atoms with Gasteiger partial charge in [-0.15, -0.1) is 0 Å². The molecule has 8 nitrogen and oxygen atoms in total. The molecule has 2 N–H and O–H groups in total. The van der Waals surface area contributed by atoms with Gasteiger partial charge in [0, 0.05) is 31.3 Å². The molecule has 1 aliphatic rings. The van der Waals surface area contributed by atoms with E-state index < -0.39 is 11.8 Å². The number of aromatic amines is 1. The number of hydrogen-bond acceptors (Lipinski definition) is 6. The number of nitrogens with one attached hydrogen (secondary N) is 2. The molecule has 1 fully saturated rings. The maximum absolute atomic E-state index is 13.2. The first-order valence-corrected chi connectivity index (χ1v) is 11.9. The Morgan fingerprint density at radius 3 is 2.82 bits per heavy atom. The van der Waals surface area contributed by atoms with Gasteiger partial charge in [0.25, 0.3) is 11.5 Å². The zero-order valence-electron chi connectivity index (χ0n) is 18.2. The van der Waals surface area contributed by atoms with Crippen molar-refractivity contribution in [3.05, 3.63) is 46.9 Å². The second-order valence-electron chi connectivity index (χ2n) is 7.95. The molecule has 11 heteroatoms. The fraction of sp³-hybridized carbons (Fsp3) is 0.391. The standard InChI is InChI=1S/C23H23F2N5O3S/c24-23(25)13-15(23)14-33-17-6-4-16(5-7-17)30-21(32)18-8-11-28-20(18)29-22(30)34-12-1-3-19(31)27-10-2-9-26/h4-8,11,15,28H,1-3,10,12-14H2,(H,27,31). The van der Waals surface area contributed by atoms with Crippen molar-refractivity contribution >= 4 is 28.7 Å². The summed E-state index contributed by atoms with van der Waals surface area (Å²) < 4.78 is 33.1. The molecule has 1 aromatic carbocycles. The van der Waals surface area contributed by atoms with Crippen molar-refractivity contribution in [2.75, 3.05) is 18.9 Å². The zero-order valence-corrected chi connectivity index (χ0v) is 19.0. The van der Waals surface area contributed by atoms with E-state index in [2.05, 4.69) is 15.3 Å². The normalized spacial score (nSPS) is 16.2. The van der Waals surface area contributed by atoms with Crippen molar-refractivity contribution in [3.8, 4) is 17.5 Å². The predicted octanol–water partition coefficient (Wildman–Crippen LogP) is 3.65. The molecule has 0 radical (unpaired) electrons. The number of nitrogens with zero attached hydrogens (tertiary/aromatic N) is 3. The lowest BCUT2D eigenvalue weighted by atomic mass is 10.3. The number of rotatable bonds is 11. The summed E-state index contributed by atoms with van der Waals surface area (Å²) in [4.78, 5) is 32.5. The van der Waals surface area contributed by atoms with E-state index in [1.165, 1.54) is 16.3 Å². The van der Waals surface area contributed by atoms with E-state index in [-0.39, 0.29) is 30.9 Å². The van der Waals surface area contributed by atoms with E-state index in [0.29, 0.717) is 52.8 Å². The molecule has 0 bridgehead atoms. The summed E-state index contributed by atoms with van der Waals surface area (Å²) in [6.07, 6.45) is 2.64. The minimum atomic E-state index is -2.63. The number of amides is 1. The number of halogens is 2. The Bertz CT molecular complexity index is 1270. The molecule has 1 amide bonds. The van der Waals surface area contributed by atoms with E-state index >= 15 is 0 Å². The van der Waals surface area contributed by atoms with Gasteiger partial charge in [-0.1, -0.05) is 11.8 Å². The van der Waals surface area contributed by atoms with Crippen LogP contribution < -0.4 is 15.6 Å². The number of nitriles is 1. The molecule has 0 saturated heterocycles. The van der Waals surface area contributed by atoms with Crippen LogP contribution in [-0.4, -0.2) is 45.3 Å². The Kier molecular flexibility index (Phi) is 7.17. The second kappa shape index (κ2) is 10.3. The van der Waals surface area contributed by atoms with Crippen molar-refractivity contribution in [3.63, 3.8) is 0 Å². The number of ether oxygens (including phenoxy) is 1. The van der Waals surface area contributed by atoms with Crippen molar-refractivity contribution in [2.45, 2.75) is 36.8 Å². The highest BCUT2D eigenvalue weighted by molar-refractivity contribution is 7.99. The molecule has 2 heterocycles. The lowest BCUT2D eigenvalue weighted by Crippen LogP contribution is -2.24. The summed E-state index contributed by atoms with van der Waals surface area (Å²) in [6, 6.07) is 10.3. The largest absolute Gasteiger partial charge is 0.493 e. The van der Waals surface area contributed by atoms with E-state index in [0.717, 1.165) is 0 Å². The Labute approximate surface area is 198 Å². The summed E-state index contributed by atoms with van der Waals surface area (Å²) in [7, 11) is 0. The highest BCUT2D eigenvalue weighted by Crippen LogP contribution is 2.48. The molecule has 0 aliphatic heterocycles. The number of H-pyrrole nitrogens is 1. The third kappa shape index (κ3) is 5.56. The van der Waals surface area contributed by atoms with Crippen LogP contribution in [0.4, 0.5) is 8.78 Å². The van der Waals surface area contributed by atoms with Gasteiger partial charge in [0.05, 0.1) is 36.1 Å². The number of hydrogen-bond donors (Lipinski definition) is 2. The summed E-state index contributed by atoms with van der Waals surface area (Å²) in [5.41, 5.74) is 0.805. The van der Waals surface area contributed by atoms with Crippen LogP contribution in [0, 0.1) is 17.2 Å². The van der Waals surface area contributed by atoms with Gasteiger partial charge in [0.2, 0.25) is 5.91 Å². The molecular formula is C23H23F2N5O3S. The van der Waals surface area contributed by atoms with Gasteiger partial charge in [0.15, 0.2) is 5.16 Å². The minimum Gasteiger partial charge on any atom is -0.493 e. The topological polar surface area (TPSA) is 113 Å². The highest BCUT2D eigenvalue weighted by Gasteiger charge is 2.57. The number of aromatic nitrogens is 3. The number of carbonyl (C=O) groups excluding carboxylic acids is 1. The van der Waals surface area contributed by atoms with Crippen LogP contribution in [-0.2, 0) is 4.79 Å². The Morgan fingerprint density at radius 2 is 2.12 bits per heavy atom. The molecule has 1 aliphatic carbocycles. The number of alkyl halides is 2. The monoisotopic (exact) mass is 487 g/mol. The molecule has 1 atom stereocenters. The van der Waals surface area contributed by atoms with Gasteiger partial charge >= 0.3 is 0 Å². The van der Waals surface area contributed by atoms with Crippen LogP contribution in [0.5, 0.6) is 5.75 Å². The summed E-state index contributed by atoms with van der Waals surface area (Å²) >= 11 is 1.36.